The van der Waals surface area contributed by atoms with Gasteiger partial charge in [0.2, 0.25) is 0 Å². The molecule has 0 N–H and O–H groups in total. The zero-order valence-corrected chi connectivity index (χ0v) is 16.5. The minimum Gasteiger partial charge on any atom is -0.452 e. The van der Waals surface area contributed by atoms with E-state index in [1.807, 2.05) is 49.4 Å². The highest BCUT2D eigenvalue weighted by atomic mass is 79.9. The Bertz CT molecular complexity index is 762. The number of para-hydroxylation sites is 1. The summed E-state index contributed by atoms with van der Waals surface area (Å²) in [4.78, 5) is 18.9. The minimum absolute atomic E-state index is 0.0743. The number of benzene rings is 2. The van der Waals surface area contributed by atoms with Crippen LogP contribution in [0, 0.1) is 0 Å². The summed E-state index contributed by atoms with van der Waals surface area (Å²) in [7, 11) is 2.84. The number of hydrogen-bond acceptors (Lipinski definition) is 5. The van der Waals surface area contributed by atoms with E-state index in [4.69, 9.17) is 14.3 Å². The highest BCUT2D eigenvalue weighted by Gasteiger charge is 2.19. The molecular weight excluding hydrogens is 400 g/mol. The monoisotopic (exact) mass is 420 g/mol. The Kier molecular flexibility index (Phi) is 7.62. The Morgan fingerprint density at radius 1 is 1.12 bits per heavy atom. The predicted octanol–water partition coefficient (Wildman–Crippen LogP) is 4.57. The zero-order chi connectivity index (χ0) is 18.9. The molecule has 0 aliphatic rings. The first-order chi connectivity index (χ1) is 12.6. The molecule has 0 saturated carbocycles. The van der Waals surface area contributed by atoms with E-state index in [0.29, 0.717) is 5.69 Å². The van der Waals surface area contributed by atoms with Crippen LogP contribution in [0.15, 0.2) is 58.2 Å². The van der Waals surface area contributed by atoms with Gasteiger partial charge in [0.25, 0.3) is 0 Å². The molecule has 0 bridgehead atoms. The molecule has 1 amide bonds. The van der Waals surface area contributed by atoms with Gasteiger partial charge >= 0.3 is 6.09 Å². The number of halogens is 1. The van der Waals surface area contributed by atoms with Gasteiger partial charge in [-0.25, -0.2) is 4.79 Å². The van der Waals surface area contributed by atoms with Crippen LogP contribution in [0.25, 0.3) is 0 Å². The normalized spacial score (nSPS) is 11.2. The second-order valence-corrected chi connectivity index (χ2v) is 6.32. The standard InChI is InChI=1S/C19H21BrN2O4/c1-14(15-8-10-17(20)11-9-15)21-26-12-16-6-4-5-7-18(16)22(13-24-2)19(23)25-3/h4-11H,12-13H2,1-3H3. The molecule has 0 aliphatic heterocycles. The van der Waals surface area contributed by atoms with E-state index in [0.717, 1.165) is 21.3 Å². The van der Waals surface area contributed by atoms with Gasteiger partial charge in [-0.15, -0.1) is 0 Å². The first-order valence-corrected chi connectivity index (χ1v) is 8.71. The number of nitrogens with zero attached hydrogens (tertiary/aromatic N) is 2. The Hall–Kier alpha value is -2.38. The van der Waals surface area contributed by atoms with Crippen LogP contribution in [0.4, 0.5) is 10.5 Å². The van der Waals surface area contributed by atoms with Crippen molar-refractivity contribution in [3.63, 3.8) is 0 Å². The first kappa shape index (κ1) is 19.9. The van der Waals surface area contributed by atoms with Crippen LogP contribution in [0.2, 0.25) is 0 Å². The third-order valence-electron chi connectivity index (χ3n) is 3.62. The van der Waals surface area contributed by atoms with Crippen molar-refractivity contribution in [3.8, 4) is 0 Å². The van der Waals surface area contributed by atoms with Crippen LogP contribution in [0.5, 0.6) is 0 Å². The molecule has 2 rings (SSSR count). The smallest absolute Gasteiger partial charge is 0.415 e. The zero-order valence-electron chi connectivity index (χ0n) is 14.9. The van der Waals surface area contributed by atoms with Crippen molar-refractivity contribution in [2.75, 3.05) is 25.9 Å². The summed E-state index contributed by atoms with van der Waals surface area (Å²) in [6.45, 7) is 2.16. The molecule has 6 nitrogen and oxygen atoms in total. The molecule has 0 fully saturated rings. The van der Waals surface area contributed by atoms with Gasteiger partial charge in [-0.05, 0) is 30.7 Å². The molecule has 0 aliphatic carbocycles. The van der Waals surface area contributed by atoms with Gasteiger partial charge in [-0.1, -0.05) is 51.4 Å². The summed E-state index contributed by atoms with van der Waals surface area (Å²) in [6.07, 6.45) is -0.506. The average Bonchev–Trinajstić information content (AvgIpc) is 2.66. The second kappa shape index (κ2) is 9.94. The molecule has 0 heterocycles. The minimum atomic E-state index is -0.506. The summed E-state index contributed by atoms with van der Waals surface area (Å²) < 4.78 is 10.9. The van der Waals surface area contributed by atoms with Gasteiger partial charge in [-0.3, -0.25) is 4.90 Å². The van der Waals surface area contributed by atoms with E-state index in [1.165, 1.54) is 19.1 Å². The Morgan fingerprint density at radius 2 is 1.81 bits per heavy atom. The van der Waals surface area contributed by atoms with Gasteiger partial charge < -0.3 is 14.3 Å². The molecule has 0 atom stereocenters. The fourth-order valence-corrected chi connectivity index (χ4v) is 2.56. The fraction of sp³-hybridized carbons (Fsp3) is 0.263. The van der Waals surface area contributed by atoms with Crippen molar-refractivity contribution in [2.24, 2.45) is 5.16 Å². The Labute approximate surface area is 161 Å². The van der Waals surface area contributed by atoms with Crippen molar-refractivity contribution >= 4 is 33.4 Å². The SMILES string of the molecule is COCN(C(=O)OC)c1ccccc1CON=C(C)c1ccc(Br)cc1. The number of amides is 1. The van der Waals surface area contributed by atoms with Gasteiger partial charge in [0.05, 0.1) is 18.5 Å². The van der Waals surface area contributed by atoms with Crippen molar-refractivity contribution in [1.29, 1.82) is 0 Å². The number of rotatable bonds is 7. The molecule has 0 spiro atoms. The third-order valence-corrected chi connectivity index (χ3v) is 4.15. The molecule has 2 aromatic carbocycles. The lowest BCUT2D eigenvalue weighted by molar-refractivity contribution is 0.129. The molecule has 0 saturated heterocycles. The fourth-order valence-electron chi connectivity index (χ4n) is 2.30. The summed E-state index contributed by atoms with van der Waals surface area (Å²) in [5.74, 6) is 0. The summed E-state index contributed by atoms with van der Waals surface area (Å²) in [6, 6.07) is 15.2. The molecular formula is C19H21BrN2O4. The van der Waals surface area contributed by atoms with Crippen LogP contribution < -0.4 is 4.90 Å². The largest absolute Gasteiger partial charge is 0.452 e. The number of methoxy groups -OCH3 is 2. The first-order valence-electron chi connectivity index (χ1n) is 7.91. The highest BCUT2D eigenvalue weighted by molar-refractivity contribution is 9.10. The van der Waals surface area contributed by atoms with E-state index >= 15 is 0 Å². The van der Waals surface area contributed by atoms with Crippen molar-refractivity contribution < 1.29 is 19.1 Å². The highest BCUT2D eigenvalue weighted by Crippen LogP contribution is 2.22. The number of ether oxygens (including phenoxy) is 2. The number of anilines is 1. The number of carbonyl (C=O) groups excluding carboxylic acids is 1. The maximum Gasteiger partial charge on any atom is 0.415 e. The lowest BCUT2D eigenvalue weighted by atomic mass is 10.1. The van der Waals surface area contributed by atoms with Crippen LogP contribution in [0.1, 0.15) is 18.1 Å². The Balaban J connectivity index is 2.13. The van der Waals surface area contributed by atoms with Gasteiger partial charge in [0.15, 0.2) is 0 Å². The molecule has 0 aromatic heterocycles. The van der Waals surface area contributed by atoms with Crippen molar-refractivity contribution in [3.05, 3.63) is 64.1 Å². The number of hydrogen-bond donors (Lipinski definition) is 0. The summed E-state index contributed by atoms with van der Waals surface area (Å²) >= 11 is 3.41. The van der Waals surface area contributed by atoms with E-state index in [1.54, 1.807) is 6.07 Å². The Morgan fingerprint density at radius 3 is 2.46 bits per heavy atom. The average molecular weight is 421 g/mol. The van der Waals surface area contributed by atoms with E-state index in [-0.39, 0.29) is 13.3 Å². The number of carbonyl (C=O) groups is 1. The van der Waals surface area contributed by atoms with Crippen LogP contribution in [-0.2, 0) is 20.9 Å². The van der Waals surface area contributed by atoms with Gasteiger partial charge in [-0.2, -0.15) is 0 Å². The topological polar surface area (TPSA) is 60.4 Å². The van der Waals surface area contributed by atoms with E-state index in [9.17, 15) is 4.79 Å². The maximum atomic E-state index is 12.0. The summed E-state index contributed by atoms with van der Waals surface area (Å²) in [5, 5.41) is 4.17. The molecule has 0 radical (unpaired) electrons. The quantitative estimate of drug-likeness (QED) is 0.374. The van der Waals surface area contributed by atoms with Crippen LogP contribution in [-0.4, -0.2) is 32.8 Å². The van der Waals surface area contributed by atoms with Gasteiger partial charge in [0, 0.05) is 17.1 Å². The molecule has 0 unspecified atom stereocenters. The third kappa shape index (κ3) is 5.31. The lowest BCUT2D eigenvalue weighted by Crippen LogP contribution is -2.33. The summed E-state index contributed by atoms with van der Waals surface area (Å²) in [5.41, 5.74) is 3.17. The van der Waals surface area contributed by atoms with Crippen LogP contribution in [0.3, 0.4) is 0 Å². The molecule has 2 aromatic rings. The van der Waals surface area contributed by atoms with E-state index < -0.39 is 6.09 Å². The maximum absolute atomic E-state index is 12.0. The number of oxime groups is 1. The molecule has 138 valence electrons. The van der Waals surface area contributed by atoms with Crippen molar-refractivity contribution in [1.82, 2.24) is 0 Å². The molecule has 7 heteroatoms. The van der Waals surface area contributed by atoms with Crippen molar-refractivity contribution in [2.45, 2.75) is 13.5 Å². The van der Waals surface area contributed by atoms with E-state index in [2.05, 4.69) is 21.1 Å². The van der Waals surface area contributed by atoms with Crippen LogP contribution >= 0.6 is 15.9 Å². The molecule has 26 heavy (non-hydrogen) atoms. The lowest BCUT2D eigenvalue weighted by Gasteiger charge is -2.22. The van der Waals surface area contributed by atoms with Gasteiger partial charge in [0.1, 0.15) is 13.3 Å². The predicted molar refractivity (Wildman–Crippen MR) is 104 cm³/mol. The second-order valence-electron chi connectivity index (χ2n) is 5.40.